The standard InChI is InChI=1S/C11H20N2OS/c14-11(13-6-1-2-7-13)9-15-10-4-3-5-12-8-10/h10,12H,1-9H2. The van der Waals surface area contributed by atoms with Crippen LogP contribution >= 0.6 is 11.8 Å². The van der Waals surface area contributed by atoms with Gasteiger partial charge in [0.25, 0.3) is 0 Å². The average molecular weight is 228 g/mol. The van der Waals surface area contributed by atoms with Gasteiger partial charge in [0.2, 0.25) is 5.91 Å². The molecule has 1 atom stereocenters. The van der Waals surface area contributed by atoms with Crippen LogP contribution in [0.15, 0.2) is 0 Å². The Bertz CT molecular complexity index is 211. The van der Waals surface area contributed by atoms with Crippen molar-refractivity contribution in [3.63, 3.8) is 0 Å². The Hall–Kier alpha value is -0.220. The molecule has 1 amide bonds. The van der Waals surface area contributed by atoms with Crippen molar-refractivity contribution in [2.45, 2.75) is 30.9 Å². The molecule has 0 aliphatic carbocycles. The van der Waals surface area contributed by atoms with Gasteiger partial charge < -0.3 is 10.2 Å². The number of nitrogens with one attached hydrogen (secondary N) is 1. The molecule has 2 rings (SSSR count). The van der Waals surface area contributed by atoms with Gasteiger partial charge in [0.05, 0.1) is 5.75 Å². The van der Waals surface area contributed by atoms with Crippen LogP contribution in [0.3, 0.4) is 0 Å². The molecule has 2 aliphatic rings. The molecule has 0 spiro atoms. The van der Waals surface area contributed by atoms with Crippen LogP contribution in [0.25, 0.3) is 0 Å². The maximum absolute atomic E-state index is 11.8. The summed E-state index contributed by atoms with van der Waals surface area (Å²) in [5.74, 6) is 1.04. The zero-order valence-corrected chi connectivity index (χ0v) is 10.0. The fourth-order valence-electron chi connectivity index (χ4n) is 2.21. The van der Waals surface area contributed by atoms with E-state index in [2.05, 4.69) is 5.32 Å². The van der Waals surface area contributed by atoms with Gasteiger partial charge in [-0.2, -0.15) is 0 Å². The third kappa shape index (κ3) is 3.38. The summed E-state index contributed by atoms with van der Waals surface area (Å²) in [5.41, 5.74) is 0. The van der Waals surface area contributed by atoms with Gasteiger partial charge >= 0.3 is 0 Å². The average Bonchev–Trinajstić information content (AvgIpc) is 2.81. The highest BCUT2D eigenvalue weighted by molar-refractivity contribution is 8.00. The molecule has 0 aromatic heterocycles. The first-order valence-electron chi connectivity index (χ1n) is 5.96. The summed E-state index contributed by atoms with van der Waals surface area (Å²) in [6, 6.07) is 0. The van der Waals surface area contributed by atoms with Gasteiger partial charge in [-0.05, 0) is 32.2 Å². The number of thioether (sulfide) groups is 1. The molecule has 86 valence electrons. The predicted octanol–water partition coefficient (Wildman–Crippen LogP) is 1.09. The highest BCUT2D eigenvalue weighted by Gasteiger charge is 2.20. The largest absolute Gasteiger partial charge is 0.342 e. The normalized spacial score (nSPS) is 26.9. The molecule has 0 radical (unpaired) electrons. The Balaban J connectivity index is 1.65. The topological polar surface area (TPSA) is 32.3 Å². The molecule has 0 bridgehead atoms. The molecule has 15 heavy (non-hydrogen) atoms. The van der Waals surface area contributed by atoms with Crippen molar-refractivity contribution in [1.82, 2.24) is 10.2 Å². The van der Waals surface area contributed by atoms with Crippen LogP contribution in [0.4, 0.5) is 0 Å². The molecule has 2 heterocycles. The smallest absolute Gasteiger partial charge is 0.232 e. The zero-order chi connectivity index (χ0) is 10.5. The Labute approximate surface area is 96.0 Å². The van der Waals surface area contributed by atoms with Crippen LogP contribution in [-0.4, -0.2) is 48.0 Å². The second-order valence-corrected chi connectivity index (χ2v) is 5.66. The number of hydrogen-bond acceptors (Lipinski definition) is 3. The molecule has 1 N–H and O–H groups in total. The first-order chi connectivity index (χ1) is 7.36. The SMILES string of the molecule is O=C(CSC1CCCNC1)N1CCCC1. The van der Waals surface area contributed by atoms with E-state index < -0.39 is 0 Å². The van der Waals surface area contributed by atoms with Gasteiger partial charge in [-0.15, -0.1) is 11.8 Å². The second kappa shape index (κ2) is 5.75. The Morgan fingerprint density at radius 1 is 1.33 bits per heavy atom. The Kier molecular flexibility index (Phi) is 4.32. The van der Waals surface area contributed by atoms with Crippen LogP contribution in [0.2, 0.25) is 0 Å². The number of carbonyl (C=O) groups is 1. The van der Waals surface area contributed by atoms with Crippen LogP contribution in [0.1, 0.15) is 25.7 Å². The molecule has 2 fully saturated rings. The number of amides is 1. The van der Waals surface area contributed by atoms with E-state index >= 15 is 0 Å². The molecule has 0 aromatic carbocycles. The van der Waals surface area contributed by atoms with Crippen molar-refractivity contribution in [3.8, 4) is 0 Å². The van der Waals surface area contributed by atoms with E-state index in [9.17, 15) is 4.79 Å². The van der Waals surface area contributed by atoms with Crippen LogP contribution in [0.5, 0.6) is 0 Å². The number of piperidine rings is 1. The Morgan fingerprint density at radius 2 is 2.13 bits per heavy atom. The summed E-state index contributed by atoms with van der Waals surface area (Å²) >= 11 is 1.84. The maximum Gasteiger partial charge on any atom is 0.232 e. The lowest BCUT2D eigenvalue weighted by Crippen LogP contribution is -2.34. The molecular formula is C11H20N2OS. The fourth-order valence-corrected chi connectivity index (χ4v) is 3.34. The zero-order valence-electron chi connectivity index (χ0n) is 9.21. The van der Waals surface area contributed by atoms with Crippen LogP contribution in [0, 0.1) is 0 Å². The van der Waals surface area contributed by atoms with Crippen LogP contribution in [-0.2, 0) is 4.79 Å². The first-order valence-corrected chi connectivity index (χ1v) is 7.01. The molecule has 2 saturated heterocycles. The van der Waals surface area contributed by atoms with Gasteiger partial charge in [0.1, 0.15) is 0 Å². The quantitative estimate of drug-likeness (QED) is 0.785. The fraction of sp³-hybridized carbons (Fsp3) is 0.909. The Morgan fingerprint density at radius 3 is 2.80 bits per heavy atom. The summed E-state index contributed by atoms with van der Waals surface area (Å²) in [7, 11) is 0. The molecular weight excluding hydrogens is 208 g/mol. The van der Waals surface area contributed by atoms with E-state index in [0.29, 0.717) is 16.9 Å². The highest BCUT2D eigenvalue weighted by atomic mass is 32.2. The first kappa shape index (κ1) is 11.3. The lowest BCUT2D eigenvalue weighted by Gasteiger charge is -2.23. The maximum atomic E-state index is 11.8. The summed E-state index contributed by atoms with van der Waals surface area (Å²) in [4.78, 5) is 13.8. The second-order valence-electron chi connectivity index (χ2n) is 4.37. The van der Waals surface area contributed by atoms with Crippen molar-refractivity contribution in [2.24, 2.45) is 0 Å². The lowest BCUT2D eigenvalue weighted by atomic mass is 10.2. The van der Waals surface area contributed by atoms with Crippen molar-refractivity contribution in [3.05, 3.63) is 0 Å². The summed E-state index contributed by atoms with van der Waals surface area (Å²) < 4.78 is 0. The molecule has 1 unspecified atom stereocenters. The van der Waals surface area contributed by atoms with Crippen molar-refractivity contribution >= 4 is 17.7 Å². The number of rotatable bonds is 3. The molecule has 0 saturated carbocycles. The van der Waals surface area contributed by atoms with Gasteiger partial charge in [0, 0.05) is 24.9 Å². The lowest BCUT2D eigenvalue weighted by molar-refractivity contribution is -0.127. The van der Waals surface area contributed by atoms with Gasteiger partial charge in [-0.1, -0.05) is 0 Å². The number of hydrogen-bond donors (Lipinski definition) is 1. The van der Waals surface area contributed by atoms with Crippen molar-refractivity contribution < 1.29 is 4.79 Å². The number of likely N-dealkylation sites (tertiary alicyclic amines) is 1. The monoisotopic (exact) mass is 228 g/mol. The van der Waals surface area contributed by atoms with E-state index in [1.807, 2.05) is 16.7 Å². The van der Waals surface area contributed by atoms with E-state index in [1.54, 1.807) is 0 Å². The van der Waals surface area contributed by atoms with Gasteiger partial charge in [-0.3, -0.25) is 4.79 Å². The van der Waals surface area contributed by atoms with Crippen molar-refractivity contribution in [2.75, 3.05) is 31.9 Å². The van der Waals surface area contributed by atoms with Crippen LogP contribution < -0.4 is 5.32 Å². The van der Waals surface area contributed by atoms with E-state index in [0.717, 1.165) is 26.2 Å². The highest BCUT2D eigenvalue weighted by Crippen LogP contribution is 2.19. The van der Waals surface area contributed by atoms with Gasteiger partial charge in [0.15, 0.2) is 0 Å². The van der Waals surface area contributed by atoms with Crippen molar-refractivity contribution in [1.29, 1.82) is 0 Å². The molecule has 0 aromatic rings. The minimum Gasteiger partial charge on any atom is -0.342 e. The summed E-state index contributed by atoms with van der Waals surface area (Å²) in [5, 5.41) is 4.04. The summed E-state index contributed by atoms with van der Waals surface area (Å²) in [6.07, 6.45) is 4.92. The third-order valence-corrected chi connectivity index (χ3v) is 4.44. The minimum absolute atomic E-state index is 0.350. The summed E-state index contributed by atoms with van der Waals surface area (Å²) in [6.45, 7) is 4.21. The third-order valence-electron chi connectivity index (χ3n) is 3.15. The van der Waals surface area contributed by atoms with E-state index in [1.165, 1.54) is 25.7 Å². The minimum atomic E-state index is 0.350. The predicted molar refractivity (Wildman–Crippen MR) is 64.2 cm³/mol. The van der Waals surface area contributed by atoms with E-state index in [-0.39, 0.29) is 0 Å². The number of carbonyl (C=O) groups excluding carboxylic acids is 1. The molecule has 2 aliphatic heterocycles. The van der Waals surface area contributed by atoms with E-state index in [4.69, 9.17) is 0 Å². The number of nitrogens with zero attached hydrogens (tertiary/aromatic N) is 1. The van der Waals surface area contributed by atoms with Gasteiger partial charge in [-0.25, -0.2) is 0 Å². The molecule has 3 nitrogen and oxygen atoms in total. The molecule has 4 heteroatoms.